The van der Waals surface area contributed by atoms with E-state index in [1.165, 1.54) is 56.8 Å². The van der Waals surface area contributed by atoms with Crippen LogP contribution in [0.4, 0.5) is 11.4 Å². The lowest BCUT2D eigenvalue weighted by Gasteiger charge is -2.07. The summed E-state index contributed by atoms with van der Waals surface area (Å²) in [6, 6.07) is 16.7. The van der Waals surface area contributed by atoms with E-state index < -0.39 is 16.7 Å². The van der Waals surface area contributed by atoms with Crippen molar-refractivity contribution in [2.24, 2.45) is 5.10 Å². The molecule has 168 valence electrons. The molecule has 3 aromatic carbocycles. The number of carbonyl (C=O) groups excluding carboxylic acids is 2. The molecule has 0 radical (unpaired) electrons. The van der Waals surface area contributed by atoms with E-state index >= 15 is 0 Å². The van der Waals surface area contributed by atoms with Gasteiger partial charge in [0.15, 0.2) is 11.5 Å². The Kier molecular flexibility index (Phi) is 7.32. The molecule has 0 saturated heterocycles. The SMILES string of the molecule is COc1ccc(/C=N/NC(=O)c2ccc(NC(=O)c3cccc([N+](=O)[O-])c3)cc2)cc1OC. The standard InChI is InChI=1S/C23H20N4O6/c1-32-20-11-6-15(12-21(20)33-2)14-24-26-23(29)16-7-9-18(10-8-16)25-22(28)17-4-3-5-19(13-17)27(30)31/h3-14H,1-2H3,(H,25,28)(H,26,29)/b24-14+. The normalized spacial score (nSPS) is 10.5. The van der Waals surface area contributed by atoms with Crippen molar-refractivity contribution in [2.45, 2.75) is 0 Å². The van der Waals surface area contributed by atoms with E-state index in [1.807, 2.05) is 0 Å². The van der Waals surface area contributed by atoms with Gasteiger partial charge in [0.05, 0.1) is 25.4 Å². The van der Waals surface area contributed by atoms with E-state index in [0.717, 1.165) is 0 Å². The Hall–Kier alpha value is -4.73. The van der Waals surface area contributed by atoms with Crippen LogP contribution < -0.4 is 20.2 Å². The predicted molar refractivity (Wildman–Crippen MR) is 122 cm³/mol. The van der Waals surface area contributed by atoms with E-state index in [9.17, 15) is 19.7 Å². The summed E-state index contributed by atoms with van der Waals surface area (Å²) in [4.78, 5) is 34.9. The number of nitro groups is 1. The number of ether oxygens (including phenoxy) is 2. The average Bonchev–Trinajstić information content (AvgIpc) is 2.84. The van der Waals surface area contributed by atoms with Crippen LogP contribution in [0, 0.1) is 10.1 Å². The minimum absolute atomic E-state index is 0.149. The second-order valence-corrected chi connectivity index (χ2v) is 6.65. The lowest BCUT2D eigenvalue weighted by molar-refractivity contribution is -0.384. The quantitative estimate of drug-likeness (QED) is 0.307. The number of hydrogen-bond donors (Lipinski definition) is 2. The molecule has 0 saturated carbocycles. The van der Waals surface area contributed by atoms with Crippen LogP contribution in [0.15, 0.2) is 71.8 Å². The number of carbonyl (C=O) groups is 2. The fourth-order valence-corrected chi connectivity index (χ4v) is 2.83. The van der Waals surface area contributed by atoms with Gasteiger partial charge >= 0.3 is 0 Å². The van der Waals surface area contributed by atoms with Gasteiger partial charge < -0.3 is 14.8 Å². The van der Waals surface area contributed by atoms with Gasteiger partial charge in [-0.15, -0.1) is 0 Å². The van der Waals surface area contributed by atoms with Gasteiger partial charge in [-0.1, -0.05) is 6.07 Å². The van der Waals surface area contributed by atoms with E-state index in [-0.39, 0.29) is 11.3 Å². The molecular formula is C23H20N4O6. The topological polar surface area (TPSA) is 132 Å². The Balaban J connectivity index is 1.60. The zero-order valence-electron chi connectivity index (χ0n) is 17.8. The molecular weight excluding hydrogens is 428 g/mol. The highest BCUT2D eigenvalue weighted by Gasteiger charge is 2.12. The van der Waals surface area contributed by atoms with Crippen molar-refractivity contribution in [3.05, 3.63) is 93.5 Å². The summed E-state index contributed by atoms with van der Waals surface area (Å²) in [5.41, 5.74) is 3.85. The van der Waals surface area contributed by atoms with Gasteiger partial charge in [-0.2, -0.15) is 5.10 Å². The number of methoxy groups -OCH3 is 2. The Morgan fingerprint density at radius 1 is 0.909 bits per heavy atom. The molecule has 3 rings (SSSR count). The molecule has 2 amide bonds. The van der Waals surface area contributed by atoms with Gasteiger partial charge in [-0.05, 0) is 54.1 Å². The second kappa shape index (κ2) is 10.5. The van der Waals surface area contributed by atoms with Crippen LogP contribution in [-0.2, 0) is 0 Å². The van der Waals surface area contributed by atoms with Gasteiger partial charge in [0.2, 0.25) is 0 Å². The third-order valence-corrected chi connectivity index (χ3v) is 4.51. The molecule has 3 aromatic rings. The van der Waals surface area contributed by atoms with Crippen molar-refractivity contribution in [1.82, 2.24) is 5.43 Å². The molecule has 0 aromatic heterocycles. The van der Waals surface area contributed by atoms with Crippen molar-refractivity contribution in [3.63, 3.8) is 0 Å². The first-order chi connectivity index (χ1) is 15.9. The second-order valence-electron chi connectivity index (χ2n) is 6.65. The Bertz CT molecular complexity index is 1210. The summed E-state index contributed by atoms with van der Waals surface area (Å²) in [5, 5.41) is 17.4. The lowest BCUT2D eigenvalue weighted by atomic mass is 10.1. The largest absolute Gasteiger partial charge is 0.493 e. The number of benzene rings is 3. The summed E-state index contributed by atoms with van der Waals surface area (Å²) < 4.78 is 10.4. The van der Waals surface area contributed by atoms with Crippen LogP contribution in [0.3, 0.4) is 0 Å². The lowest BCUT2D eigenvalue weighted by Crippen LogP contribution is -2.18. The third-order valence-electron chi connectivity index (χ3n) is 4.51. The number of rotatable bonds is 8. The van der Waals surface area contributed by atoms with Gasteiger partial charge in [-0.25, -0.2) is 5.43 Å². The van der Waals surface area contributed by atoms with E-state index in [2.05, 4.69) is 15.8 Å². The Morgan fingerprint density at radius 3 is 2.30 bits per heavy atom. The van der Waals surface area contributed by atoms with Crippen LogP contribution in [-0.4, -0.2) is 37.2 Å². The van der Waals surface area contributed by atoms with E-state index in [0.29, 0.717) is 28.3 Å². The smallest absolute Gasteiger partial charge is 0.271 e. The minimum atomic E-state index is -0.572. The average molecular weight is 448 g/mol. The number of nitrogens with zero attached hydrogens (tertiary/aromatic N) is 2. The summed E-state index contributed by atoms with van der Waals surface area (Å²) in [6.45, 7) is 0. The van der Waals surface area contributed by atoms with Crippen LogP contribution in [0.2, 0.25) is 0 Å². The summed E-state index contributed by atoms with van der Waals surface area (Å²) in [5.74, 6) is 0.172. The van der Waals surface area contributed by atoms with Crippen LogP contribution >= 0.6 is 0 Å². The fourth-order valence-electron chi connectivity index (χ4n) is 2.83. The molecule has 0 aliphatic heterocycles. The van der Waals surface area contributed by atoms with Crippen molar-refractivity contribution in [1.29, 1.82) is 0 Å². The number of nitro benzene ring substituents is 1. The summed E-state index contributed by atoms with van der Waals surface area (Å²) in [7, 11) is 3.06. The monoisotopic (exact) mass is 448 g/mol. The van der Waals surface area contributed by atoms with Crippen molar-refractivity contribution in [2.75, 3.05) is 19.5 Å². The van der Waals surface area contributed by atoms with Gasteiger partial charge in [-0.3, -0.25) is 19.7 Å². The van der Waals surface area contributed by atoms with Crippen molar-refractivity contribution < 1.29 is 24.0 Å². The molecule has 2 N–H and O–H groups in total. The molecule has 0 heterocycles. The molecule has 10 nitrogen and oxygen atoms in total. The maximum atomic E-state index is 12.3. The van der Waals surface area contributed by atoms with E-state index in [1.54, 1.807) is 30.3 Å². The molecule has 0 unspecified atom stereocenters. The number of amides is 2. The summed E-state index contributed by atoms with van der Waals surface area (Å²) in [6.07, 6.45) is 1.47. The number of hydrogen-bond acceptors (Lipinski definition) is 7. The number of hydrazone groups is 1. The first kappa shape index (κ1) is 22.9. The van der Waals surface area contributed by atoms with Crippen LogP contribution in [0.1, 0.15) is 26.3 Å². The van der Waals surface area contributed by atoms with Crippen LogP contribution in [0.5, 0.6) is 11.5 Å². The van der Waals surface area contributed by atoms with Gasteiger partial charge in [0, 0.05) is 28.9 Å². The molecule has 0 spiro atoms. The molecule has 33 heavy (non-hydrogen) atoms. The molecule has 0 aliphatic carbocycles. The Labute approximate surface area is 189 Å². The number of anilines is 1. The fraction of sp³-hybridized carbons (Fsp3) is 0.0870. The first-order valence-electron chi connectivity index (χ1n) is 9.62. The Morgan fingerprint density at radius 2 is 1.64 bits per heavy atom. The first-order valence-corrected chi connectivity index (χ1v) is 9.62. The van der Waals surface area contributed by atoms with Gasteiger partial charge in [0.25, 0.3) is 17.5 Å². The number of non-ortho nitro benzene ring substituents is 1. The van der Waals surface area contributed by atoms with Crippen LogP contribution in [0.25, 0.3) is 0 Å². The van der Waals surface area contributed by atoms with Gasteiger partial charge in [0.1, 0.15) is 0 Å². The van der Waals surface area contributed by atoms with Crippen molar-refractivity contribution in [3.8, 4) is 11.5 Å². The van der Waals surface area contributed by atoms with Crippen molar-refractivity contribution >= 4 is 29.4 Å². The number of nitrogens with one attached hydrogen (secondary N) is 2. The maximum Gasteiger partial charge on any atom is 0.271 e. The zero-order valence-corrected chi connectivity index (χ0v) is 17.8. The molecule has 0 aliphatic rings. The maximum absolute atomic E-state index is 12.3. The molecule has 0 fully saturated rings. The highest BCUT2D eigenvalue weighted by Crippen LogP contribution is 2.26. The molecule has 10 heteroatoms. The highest BCUT2D eigenvalue weighted by molar-refractivity contribution is 6.05. The minimum Gasteiger partial charge on any atom is -0.493 e. The third kappa shape index (κ3) is 5.91. The molecule has 0 bridgehead atoms. The molecule has 0 atom stereocenters. The zero-order chi connectivity index (χ0) is 23.8. The van der Waals surface area contributed by atoms with E-state index in [4.69, 9.17) is 9.47 Å². The predicted octanol–water partition coefficient (Wildman–Crippen LogP) is 3.63. The highest BCUT2D eigenvalue weighted by atomic mass is 16.6. The summed E-state index contributed by atoms with van der Waals surface area (Å²) >= 11 is 0.